The van der Waals surface area contributed by atoms with Gasteiger partial charge >= 0.3 is 0 Å². The molecule has 8 nitrogen and oxygen atoms in total. The van der Waals surface area contributed by atoms with Crippen molar-refractivity contribution in [3.63, 3.8) is 0 Å². The fraction of sp³-hybridized carbons (Fsp3) is 0.0741. The van der Waals surface area contributed by atoms with Crippen molar-refractivity contribution >= 4 is 34.7 Å². The minimum absolute atomic E-state index is 0.349. The molecule has 38 heavy (non-hydrogen) atoms. The monoisotopic (exact) mass is 531 g/mol. The van der Waals surface area contributed by atoms with Gasteiger partial charge in [0.15, 0.2) is 6.20 Å². The lowest BCUT2D eigenvalue weighted by Crippen LogP contribution is -2.37. The molecule has 1 aliphatic heterocycles. The smallest absolute Gasteiger partial charge is 0.203 e. The zero-order chi connectivity index (χ0) is 26.2. The molecule has 0 aliphatic carbocycles. The van der Waals surface area contributed by atoms with Gasteiger partial charge < -0.3 is 10.2 Å². The molecule has 0 unspecified atom stereocenters. The molecular weight excluding hydrogens is 512 g/mol. The van der Waals surface area contributed by atoms with Gasteiger partial charge in [-0.05, 0) is 60.5 Å². The molecule has 0 radical (unpaired) electrons. The van der Waals surface area contributed by atoms with E-state index >= 15 is 0 Å². The Labute approximate surface area is 220 Å². The number of hydrazine groups is 2. The van der Waals surface area contributed by atoms with Gasteiger partial charge in [-0.15, -0.1) is 5.53 Å². The second-order valence-corrected chi connectivity index (χ2v) is 9.27. The van der Waals surface area contributed by atoms with Crippen molar-refractivity contribution < 1.29 is 13.5 Å². The van der Waals surface area contributed by atoms with Crippen LogP contribution in [-0.2, 0) is 6.42 Å². The molecule has 11 heteroatoms. The van der Waals surface area contributed by atoms with Crippen LogP contribution in [0.25, 0.3) is 22.2 Å². The zero-order valence-electron chi connectivity index (χ0n) is 19.7. The molecule has 1 aliphatic rings. The van der Waals surface area contributed by atoms with Crippen LogP contribution < -0.4 is 20.8 Å². The standard InChI is InChI=1S/C27H20ClF2N7O/c28-18-4-10-25(36-15-31-34-35-36)21(12-18)17-3-9-26(37(38)14-17)22(11-16-1-5-19(29)6-2-16)27-32-23-8-7-20(30)13-24(23)33-27/h1-10,12-15,22,34-35H,11H2,(H,32,33)/t22-/m0/s1. The molecule has 0 saturated heterocycles. The maximum Gasteiger partial charge on any atom is 0.203 e. The van der Waals surface area contributed by atoms with Gasteiger partial charge in [-0.1, -0.05) is 23.7 Å². The van der Waals surface area contributed by atoms with E-state index < -0.39 is 11.7 Å². The number of nitrogens with zero attached hydrogens (tertiary/aromatic N) is 4. The van der Waals surface area contributed by atoms with Crippen molar-refractivity contribution in [2.45, 2.75) is 12.3 Å². The Balaban J connectivity index is 1.43. The summed E-state index contributed by atoms with van der Waals surface area (Å²) in [5.74, 6) is -0.770. The predicted octanol–water partition coefficient (Wildman–Crippen LogP) is 4.94. The van der Waals surface area contributed by atoms with Crippen LogP contribution in [0.5, 0.6) is 0 Å². The van der Waals surface area contributed by atoms with Gasteiger partial charge in [0.25, 0.3) is 0 Å². The molecule has 5 aromatic rings. The number of hydrazone groups is 1. The summed E-state index contributed by atoms with van der Waals surface area (Å²) < 4.78 is 28.2. The van der Waals surface area contributed by atoms with Crippen LogP contribution in [0.2, 0.25) is 5.02 Å². The highest BCUT2D eigenvalue weighted by Crippen LogP contribution is 2.34. The van der Waals surface area contributed by atoms with Gasteiger partial charge in [0.1, 0.15) is 29.7 Å². The summed E-state index contributed by atoms with van der Waals surface area (Å²) in [5.41, 5.74) is 9.95. The van der Waals surface area contributed by atoms with Crippen LogP contribution in [0.4, 0.5) is 14.5 Å². The summed E-state index contributed by atoms with van der Waals surface area (Å²) in [5, 5.41) is 19.6. The third-order valence-electron chi connectivity index (χ3n) is 6.39. The first kappa shape index (κ1) is 23.8. The van der Waals surface area contributed by atoms with Gasteiger partial charge in [0.2, 0.25) is 5.69 Å². The molecule has 3 aromatic carbocycles. The molecule has 0 bridgehead atoms. The first-order valence-electron chi connectivity index (χ1n) is 11.7. The summed E-state index contributed by atoms with van der Waals surface area (Å²) in [6.45, 7) is 0. The Kier molecular flexibility index (Phi) is 6.10. The number of anilines is 1. The molecule has 1 atom stereocenters. The summed E-state index contributed by atoms with van der Waals surface area (Å²) >= 11 is 6.29. The fourth-order valence-corrected chi connectivity index (χ4v) is 4.73. The lowest BCUT2D eigenvalue weighted by molar-refractivity contribution is -0.614. The number of aromatic amines is 1. The number of hydrogen-bond acceptors (Lipinski definition) is 6. The average Bonchev–Trinajstić information content (AvgIpc) is 3.59. The van der Waals surface area contributed by atoms with E-state index in [4.69, 9.17) is 11.6 Å². The summed E-state index contributed by atoms with van der Waals surface area (Å²) in [7, 11) is 0. The molecule has 3 heterocycles. The summed E-state index contributed by atoms with van der Waals surface area (Å²) in [6.07, 6.45) is 3.41. The second-order valence-electron chi connectivity index (χ2n) is 8.83. The number of pyridine rings is 1. The number of imidazole rings is 1. The number of halogens is 3. The van der Waals surface area contributed by atoms with E-state index in [0.717, 1.165) is 16.0 Å². The molecule has 2 aromatic heterocycles. The SMILES string of the molecule is [O-][n+]1cc(-c2cc(Cl)ccc2N2C=NNN2)ccc1[C@H](Cc1ccc(F)cc1)c1nc2cc(F)ccc2[nH]1. The van der Waals surface area contributed by atoms with Gasteiger partial charge in [-0.25, -0.2) is 24.3 Å². The molecular formula is C27H20ClF2N7O. The highest BCUT2D eigenvalue weighted by Gasteiger charge is 2.27. The Hall–Kier alpha value is -4.54. The van der Waals surface area contributed by atoms with Crippen LogP contribution >= 0.6 is 11.6 Å². The van der Waals surface area contributed by atoms with Crippen molar-refractivity contribution in [1.82, 2.24) is 21.0 Å². The fourth-order valence-electron chi connectivity index (χ4n) is 4.55. The predicted molar refractivity (Wildman–Crippen MR) is 141 cm³/mol. The average molecular weight is 532 g/mol. The number of aromatic nitrogens is 3. The van der Waals surface area contributed by atoms with Gasteiger partial charge in [-0.2, -0.15) is 9.83 Å². The van der Waals surface area contributed by atoms with Crippen molar-refractivity contribution in [3.8, 4) is 11.1 Å². The molecule has 0 saturated carbocycles. The van der Waals surface area contributed by atoms with E-state index in [-0.39, 0.29) is 5.82 Å². The molecule has 3 N–H and O–H groups in total. The zero-order valence-corrected chi connectivity index (χ0v) is 20.5. The van der Waals surface area contributed by atoms with Crippen molar-refractivity contribution in [2.75, 3.05) is 5.01 Å². The third-order valence-corrected chi connectivity index (χ3v) is 6.62. The van der Waals surface area contributed by atoms with E-state index in [1.54, 1.807) is 47.7 Å². The van der Waals surface area contributed by atoms with Gasteiger partial charge in [0, 0.05) is 28.3 Å². The maximum absolute atomic E-state index is 13.8. The van der Waals surface area contributed by atoms with E-state index in [1.807, 2.05) is 12.1 Å². The molecule has 190 valence electrons. The van der Waals surface area contributed by atoms with E-state index in [1.165, 1.54) is 30.5 Å². The highest BCUT2D eigenvalue weighted by atomic mass is 35.5. The highest BCUT2D eigenvalue weighted by molar-refractivity contribution is 6.31. The third kappa shape index (κ3) is 4.62. The number of benzene rings is 3. The lowest BCUT2D eigenvalue weighted by Gasteiger charge is -2.19. The van der Waals surface area contributed by atoms with Gasteiger partial charge in [0.05, 0.1) is 16.7 Å². The Morgan fingerprint density at radius 1 is 0.974 bits per heavy atom. The van der Waals surface area contributed by atoms with Crippen LogP contribution in [0, 0.1) is 16.8 Å². The lowest BCUT2D eigenvalue weighted by atomic mass is 9.94. The number of fused-ring (bicyclic) bond motifs is 1. The number of hydrogen-bond donors (Lipinski definition) is 3. The van der Waals surface area contributed by atoms with E-state index in [9.17, 15) is 14.0 Å². The molecule has 0 spiro atoms. The van der Waals surface area contributed by atoms with E-state index in [2.05, 4.69) is 26.1 Å². The van der Waals surface area contributed by atoms with Crippen molar-refractivity contribution in [1.29, 1.82) is 0 Å². The van der Waals surface area contributed by atoms with Crippen molar-refractivity contribution in [2.24, 2.45) is 5.10 Å². The number of rotatable bonds is 6. The van der Waals surface area contributed by atoms with E-state index in [0.29, 0.717) is 45.1 Å². The van der Waals surface area contributed by atoms with Crippen molar-refractivity contribution in [3.05, 3.63) is 118 Å². The molecule has 0 amide bonds. The molecule has 0 fully saturated rings. The summed E-state index contributed by atoms with van der Waals surface area (Å²) in [6, 6.07) is 19.3. The first-order valence-corrected chi connectivity index (χ1v) is 12.1. The Bertz CT molecular complexity index is 1670. The number of H-pyrrole nitrogens is 1. The summed E-state index contributed by atoms with van der Waals surface area (Å²) in [4.78, 5) is 7.81. The second kappa shape index (κ2) is 9.73. The first-order chi connectivity index (χ1) is 18.4. The minimum atomic E-state index is -0.516. The Morgan fingerprint density at radius 3 is 2.55 bits per heavy atom. The largest absolute Gasteiger partial charge is 0.618 e. The Morgan fingerprint density at radius 2 is 1.79 bits per heavy atom. The van der Waals surface area contributed by atoms with Crippen LogP contribution in [-0.4, -0.2) is 16.3 Å². The van der Waals surface area contributed by atoms with Crippen LogP contribution in [0.15, 0.2) is 84.1 Å². The van der Waals surface area contributed by atoms with Crippen LogP contribution in [0.3, 0.4) is 0 Å². The van der Waals surface area contributed by atoms with Gasteiger partial charge in [-0.3, -0.25) is 0 Å². The normalized spacial score (nSPS) is 13.7. The maximum atomic E-state index is 13.8. The minimum Gasteiger partial charge on any atom is -0.618 e. The molecule has 6 rings (SSSR count). The van der Waals surface area contributed by atoms with Crippen LogP contribution in [0.1, 0.15) is 23.0 Å². The quantitative estimate of drug-likeness (QED) is 0.213. The number of nitrogens with one attached hydrogen (secondary N) is 3. The topological polar surface area (TPSA) is 95.3 Å².